The van der Waals surface area contributed by atoms with Gasteiger partial charge in [-0.05, 0) is 69.3 Å². The van der Waals surface area contributed by atoms with Crippen LogP contribution in [0.25, 0.3) is 27.5 Å². The third-order valence-electron chi connectivity index (χ3n) is 7.09. The van der Waals surface area contributed by atoms with Crippen LogP contribution in [0.1, 0.15) is 29.9 Å². The second-order valence-corrected chi connectivity index (χ2v) is 10.9. The highest BCUT2D eigenvalue weighted by Crippen LogP contribution is 2.32. The first-order valence-corrected chi connectivity index (χ1v) is 13.7. The maximum absolute atomic E-state index is 13.6. The van der Waals surface area contributed by atoms with Gasteiger partial charge in [-0.2, -0.15) is 0 Å². The molecule has 10 nitrogen and oxygen atoms in total. The van der Waals surface area contributed by atoms with E-state index in [1.54, 1.807) is 98.4 Å². The number of nitrogens with one attached hydrogen (secondary N) is 2. The summed E-state index contributed by atoms with van der Waals surface area (Å²) in [6.45, 7) is 5.09. The molecule has 0 spiro atoms. The van der Waals surface area contributed by atoms with Crippen molar-refractivity contribution in [2.75, 3.05) is 5.32 Å². The molecular weight excluding hydrogens is 546 g/mol. The van der Waals surface area contributed by atoms with Crippen molar-refractivity contribution in [3.05, 3.63) is 123 Å². The predicted molar refractivity (Wildman–Crippen MR) is 165 cm³/mol. The van der Waals surface area contributed by atoms with Crippen LogP contribution in [-0.4, -0.2) is 35.9 Å². The normalized spacial score (nSPS) is 11.6. The number of anilines is 1. The Labute approximate surface area is 245 Å². The number of benzene rings is 3. The minimum absolute atomic E-state index is 0.0162. The summed E-state index contributed by atoms with van der Waals surface area (Å²) in [6.07, 6.45) is 1.56. The Balaban J connectivity index is 1.29. The Morgan fingerprint density at radius 3 is 2.33 bits per heavy atom. The number of carbonyl (C=O) groups excluding carboxylic acids is 1. The maximum Gasteiger partial charge on any atom is 0.284 e. The van der Waals surface area contributed by atoms with Crippen LogP contribution in [0.5, 0.6) is 11.5 Å². The lowest BCUT2D eigenvalue weighted by Gasteiger charge is -2.22. The summed E-state index contributed by atoms with van der Waals surface area (Å²) in [5.41, 5.74) is 0.0408. The van der Waals surface area contributed by atoms with Gasteiger partial charge in [-0.15, -0.1) is 0 Å². The fourth-order valence-electron chi connectivity index (χ4n) is 5.18. The van der Waals surface area contributed by atoms with Crippen LogP contribution in [-0.2, 0) is 6.54 Å². The molecule has 0 atom stereocenters. The largest absolute Gasteiger partial charge is 0.457 e. The third-order valence-corrected chi connectivity index (χ3v) is 7.09. The van der Waals surface area contributed by atoms with Crippen LogP contribution >= 0.6 is 0 Å². The number of para-hydroxylation sites is 1. The zero-order chi connectivity index (χ0) is 30.3. The minimum atomic E-state index is -1.13. The van der Waals surface area contributed by atoms with Crippen molar-refractivity contribution in [3.63, 3.8) is 0 Å². The van der Waals surface area contributed by atoms with Crippen molar-refractivity contribution in [2.45, 2.75) is 32.9 Å². The zero-order valence-electron chi connectivity index (χ0n) is 23.8. The molecule has 0 aliphatic rings. The topological polar surface area (TPSA) is 131 Å². The monoisotopic (exact) mass is 575 g/mol. The Morgan fingerprint density at radius 1 is 0.953 bits per heavy atom. The van der Waals surface area contributed by atoms with Gasteiger partial charge in [0.15, 0.2) is 0 Å². The number of pyridine rings is 2. The van der Waals surface area contributed by atoms with E-state index in [0.29, 0.717) is 45.0 Å². The molecule has 0 aliphatic heterocycles. The lowest BCUT2D eigenvalue weighted by Crippen LogP contribution is -2.32. The molecule has 0 unspecified atom stereocenters. The number of ether oxygens (including phenoxy) is 1. The standard InChI is InChI=1S/C33H29N5O5/c1-20-27(32(41)38(22-9-5-4-6-10-22)37(20)19-33(2,3)42)31(40)35-21-13-15-23(16-14-21)43-26-17-18-34-29-28(26)24-11-7-8-12-25(24)30(39)36-29/h4-18,42H,19H2,1-3H3,(H,35,40)(H,34,36,39). The van der Waals surface area contributed by atoms with E-state index in [0.717, 1.165) is 5.39 Å². The number of H-pyrrole nitrogens is 1. The fraction of sp³-hybridized carbons (Fsp3) is 0.152. The molecule has 3 heterocycles. The second kappa shape index (κ2) is 10.7. The molecule has 0 saturated carbocycles. The number of hydrogen-bond acceptors (Lipinski definition) is 6. The van der Waals surface area contributed by atoms with Crippen LogP contribution in [0.15, 0.2) is 101 Å². The third kappa shape index (κ3) is 5.31. The molecule has 43 heavy (non-hydrogen) atoms. The minimum Gasteiger partial charge on any atom is -0.457 e. The lowest BCUT2D eigenvalue weighted by molar-refractivity contribution is 0.0546. The molecule has 6 aromatic rings. The molecule has 0 aliphatic carbocycles. The van der Waals surface area contributed by atoms with Gasteiger partial charge in [-0.25, -0.2) is 9.67 Å². The molecule has 3 aromatic carbocycles. The van der Waals surface area contributed by atoms with Gasteiger partial charge in [-0.1, -0.05) is 36.4 Å². The van der Waals surface area contributed by atoms with Gasteiger partial charge < -0.3 is 20.1 Å². The molecule has 0 fully saturated rings. The van der Waals surface area contributed by atoms with Crippen molar-refractivity contribution in [2.24, 2.45) is 0 Å². The highest BCUT2D eigenvalue weighted by molar-refractivity contribution is 6.07. The average Bonchev–Trinajstić information content (AvgIpc) is 3.22. The first-order valence-electron chi connectivity index (χ1n) is 13.7. The average molecular weight is 576 g/mol. The van der Waals surface area contributed by atoms with Crippen molar-refractivity contribution < 1.29 is 14.6 Å². The van der Waals surface area contributed by atoms with E-state index in [1.165, 1.54) is 4.68 Å². The number of aliphatic hydroxyl groups is 1. The summed E-state index contributed by atoms with van der Waals surface area (Å²) in [5.74, 6) is 0.449. The van der Waals surface area contributed by atoms with Gasteiger partial charge in [0, 0.05) is 22.7 Å². The zero-order valence-corrected chi connectivity index (χ0v) is 23.8. The number of amides is 1. The molecular formula is C33H29N5O5. The summed E-state index contributed by atoms with van der Waals surface area (Å²) in [5, 5.41) is 15.3. The first-order chi connectivity index (χ1) is 20.6. The van der Waals surface area contributed by atoms with Crippen LogP contribution in [0.3, 0.4) is 0 Å². The SMILES string of the molecule is Cc1c(C(=O)Nc2ccc(Oc3ccnc4[nH]c(=O)c5ccccc5c34)cc2)c(=O)n(-c2ccccc2)n1CC(C)(C)O. The van der Waals surface area contributed by atoms with Gasteiger partial charge in [0.05, 0.1) is 28.9 Å². The van der Waals surface area contributed by atoms with E-state index in [-0.39, 0.29) is 17.7 Å². The summed E-state index contributed by atoms with van der Waals surface area (Å²) >= 11 is 0. The maximum atomic E-state index is 13.6. The number of nitrogens with zero attached hydrogens (tertiary/aromatic N) is 3. The number of fused-ring (bicyclic) bond motifs is 3. The van der Waals surface area contributed by atoms with Gasteiger partial charge in [-0.3, -0.25) is 19.1 Å². The predicted octanol–water partition coefficient (Wildman–Crippen LogP) is 5.15. The van der Waals surface area contributed by atoms with Crippen molar-refractivity contribution >= 4 is 33.4 Å². The van der Waals surface area contributed by atoms with Crippen molar-refractivity contribution in [1.82, 2.24) is 19.3 Å². The van der Waals surface area contributed by atoms with E-state index in [2.05, 4.69) is 15.3 Å². The van der Waals surface area contributed by atoms with E-state index in [4.69, 9.17) is 4.74 Å². The van der Waals surface area contributed by atoms with E-state index in [1.807, 2.05) is 18.2 Å². The molecule has 1 amide bonds. The second-order valence-electron chi connectivity index (χ2n) is 10.9. The Morgan fingerprint density at radius 2 is 1.63 bits per heavy atom. The van der Waals surface area contributed by atoms with Crippen LogP contribution in [0.2, 0.25) is 0 Å². The van der Waals surface area contributed by atoms with E-state index < -0.39 is 17.1 Å². The van der Waals surface area contributed by atoms with Crippen LogP contribution in [0.4, 0.5) is 5.69 Å². The summed E-state index contributed by atoms with van der Waals surface area (Å²) in [6, 6.07) is 24.7. The lowest BCUT2D eigenvalue weighted by atomic mass is 10.1. The Bertz CT molecular complexity index is 2100. The quantitative estimate of drug-likeness (QED) is 0.226. The first kappa shape index (κ1) is 27.7. The molecule has 0 saturated heterocycles. The summed E-state index contributed by atoms with van der Waals surface area (Å²) in [4.78, 5) is 46.6. The Hall–Kier alpha value is -5.48. The number of aromatic nitrogens is 4. The smallest absolute Gasteiger partial charge is 0.284 e. The van der Waals surface area contributed by atoms with Crippen LogP contribution in [0, 0.1) is 6.92 Å². The van der Waals surface area contributed by atoms with Gasteiger partial charge in [0.2, 0.25) is 0 Å². The molecule has 3 aromatic heterocycles. The van der Waals surface area contributed by atoms with Gasteiger partial charge >= 0.3 is 0 Å². The molecule has 10 heteroatoms. The fourth-order valence-corrected chi connectivity index (χ4v) is 5.18. The molecule has 216 valence electrons. The summed E-state index contributed by atoms with van der Waals surface area (Å²) in [7, 11) is 0. The molecule has 3 N–H and O–H groups in total. The summed E-state index contributed by atoms with van der Waals surface area (Å²) < 4.78 is 9.22. The highest BCUT2D eigenvalue weighted by atomic mass is 16.5. The number of aromatic amines is 1. The van der Waals surface area contributed by atoms with Gasteiger partial charge in [0.25, 0.3) is 17.0 Å². The number of carbonyl (C=O) groups is 1. The van der Waals surface area contributed by atoms with E-state index in [9.17, 15) is 19.5 Å². The number of hydrogen-bond donors (Lipinski definition) is 3. The van der Waals surface area contributed by atoms with Crippen molar-refractivity contribution in [3.8, 4) is 17.2 Å². The molecule has 0 bridgehead atoms. The van der Waals surface area contributed by atoms with E-state index >= 15 is 0 Å². The Kier molecular flexibility index (Phi) is 6.91. The van der Waals surface area contributed by atoms with Crippen LogP contribution < -0.4 is 21.2 Å². The molecule has 0 radical (unpaired) electrons. The van der Waals surface area contributed by atoms with Gasteiger partial charge in [0.1, 0.15) is 22.7 Å². The number of rotatable bonds is 7. The van der Waals surface area contributed by atoms with Crippen molar-refractivity contribution in [1.29, 1.82) is 0 Å². The highest BCUT2D eigenvalue weighted by Gasteiger charge is 2.27. The molecule has 6 rings (SSSR count).